The third-order valence-electron chi connectivity index (χ3n) is 5.89. The highest BCUT2D eigenvalue weighted by Gasteiger charge is 2.39. The summed E-state index contributed by atoms with van der Waals surface area (Å²) >= 11 is 0. The number of hydrogen-bond donors (Lipinski definition) is 1. The number of alkyl halides is 3. The number of oxazole rings is 1. The first kappa shape index (κ1) is 21.1. The van der Waals surface area contributed by atoms with E-state index in [9.17, 15) is 18.0 Å². The number of amides is 1. The quantitative estimate of drug-likeness (QED) is 0.421. The highest BCUT2D eigenvalue weighted by Crippen LogP contribution is 2.37. The number of H-pyrrole nitrogens is 1. The van der Waals surface area contributed by atoms with Gasteiger partial charge < -0.3 is 14.3 Å². The SMILES string of the molecule is O=C(c1cnc(-c2ccccn2)o1)N1CCc2[nH]cnc2[C@@H]1c1cc2c(C(F)(F)F)cccn2n1. The summed E-state index contributed by atoms with van der Waals surface area (Å²) in [6.07, 6.45) is 1.76. The fourth-order valence-corrected chi connectivity index (χ4v) is 4.32. The fourth-order valence-electron chi connectivity index (χ4n) is 4.32. The Morgan fingerprint density at radius 3 is 2.83 bits per heavy atom. The number of fused-ring (bicyclic) bond motifs is 2. The number of aromatic amines is 1. The maximum atomic E-state index is 13.6. The van der Waals surface area contributed by atoms with Crippen molar-refractivity contribution in [2.24, 2.45) is 0 Å². The van der Waals surface area contributed by atoms with Crippen molar-refractivity contribution >= 4 is 11.4 Å². The van der Waals surface area contributed by atoms with Crippen molar-refractivity contribution in [1.82, 2.24) is 34.4 Å². The third kappa shape index (κ3) is 3.54. The van der Waals surface area contributed by atoms with Crippen LogP contribution in [0.25, 0.3) is 17.1 Å². The summed E-state index contributed by atoms with van der Waals surface area (Å²) in [4.78, 5) is 30.7. The lowest BCUT2D eigenvalue weighted by atomic mass is 9.99. The molecule has 5 aromatic rings. The van der Waals surface area contributed by atoms with E-state index in [0.717, 1.165) is 16.3 Å². The van der Waals surface area contributed by atoms with Gasteiger partial charge in [0.1, 0.15) is 11.7 Å². The van der Waals surface area contributed by atoms with Crippen LogP contribution in [0.5, 0.6) is 0 Å². The van der Waals surface area contributed by atoms with Gasteiger partial charge in [-0.2, -0.15) is 18.3 Å². The summed E-state index contributed by atoms with van der Waals surface area (Å²) in [6.45, 7) is 0.276. The maximum Gasteiger partial charge on any atom is 0.418 e. The minimum absolute atomic E-state index is 0.0191. The number of carbonyl (C=O) groups excluding carboxylic acids is 1. The van der Waals surface area contributed by atoms with E-state index < -0.39 is 23.7 Å². The lowest BCUT2D eigenvalue weighted by Crippen LogP contribution is -2.40. The second-order valence-corrected chi connectivity index (χ2v) is 7.98. The van der Waals surface area contributed by atoms with Gasteiger partial charge in [-0.25, -0.2) is 14.5 Å². The van der Waals surface area contributed by atoms with Gasteiger partial charge in [-0.15, -0.1) is 0 Å². The molecule has 0 bridgehead atoms. The molecule has 9 nitrogen and oxygen atoms in total. The number of pyridine rings is 2. The number of rotatable bonds is 3. The molecule has 0 spiro atoms. The van der Waals surface area contributed by atoms with E-state index in [1.807, 2.05) is 0 Å². The summed E-state index contributed by atoms with van der Waals surface area (Å²) < 4.78 is 47.6. The molecule has 35 heavy (non-hydrogen) atoms. The molecule has 1 aliphatic rings. The largest absolute Gasteiger partial charge is 0.429 e. The molecule has 0 aromatic carbocycles. The molecule has 176 valence electrons. The number of aromatic nitrogens is 6. The number of halogens is 3. The second kappa shape index (κ2) is 7.79. The molecule has 1 aliphatic heterocycles. The minimum atomic E-state index is -4.55. The number of nitrogens with zero attached hydrogens (tertiary/aromatic N) is 6. The molecule has 0 saturated carbocycles. The van der Waals surface area contributed by atoms with Gasteiger partial charge in [-0.3, -0.25) is 9.78 Å². The van der Waals surface area contributed by atoms with Crippen molar-refractivity contribution in [3.8, 4) is 11.6 Å². The second-order valence-electron chi connectivity index (χ2n) is 7.98. The summed E-state index contributed by atoms with van der Waals surface area (Å²) in [6, 6.07) is 8.03. The topological polar surface area (TPSA) is 105 Å². The lowest BCUT2D eigenvalue weighted by Gasteiger charge is -2.33. The molecule has 0 saturated heterocycles. The highest BCUT2D eigenvalue weighted by molar-refractivity contribution is 5.92. The van der Waals surface area contributed by atoms with Gasteiger partial charge in [-0.05, 0) is 30.3 Å². The van der Waals surface area contributed by atoms with E-state index in [4.69, 9.17) is 4.42 Å². The van der Waals surface area contributed by atoms with Crippen LogP contribution in [0.3, 0.4) is 0 Å². The van der Waals surface area contributed by atoms with E-state index in [1.165, 1.54) is 35.8 Å². The Morgan fingerprint density at radius 1 is 1.14 bits per heavy atom. The van der Waals surface area contributed by atoms with Crippen LogP contribution in [0, 0.1) is 0 Å². The maximum absolute atomic E-state index is 13.6. The van der Waals surface area contributed by atoms with Crippen LogP contribution in [0.1, 0.15) is 39.2 Å². The Hall–Kier alpha value is -4.48. The summed E-state index contributed by atoms with van der Waals surface area (Å²) in [5.41, 5.74) is 1.11. The van der Waals surface area contributed by atoms with E-state index in [1.54, 1.807) is 24.4 Å². The Balaban J connectivity index is 1.42. The molecule has 0 unspecified atom stereocenters. The lowest BCUT2D eigenvalue weighted by molar-refractivity contribution is -0.136. The van der Waals surface area contributed by atoms with Gasteiger partial charge in [0.15, 0.2) is 0 Å². The smallest absolute Gasteiger partial charge is 0.418 e. The van der Waals surface area contributed by atoms with Crippen molar-refractivity contribution in [3.05, 3.63) is 89.7 Å². The predicted molar refractivity (Wildman–Crippen MR) is 115 cm³/mol. The summed E-state index contributed by atoms with van der Waals surface area (Å²) in [7, 11) is 0. The first-order valence-corrected chi connectivity index (χ1v) is 10.7. The Bertz CT molecular complexity index is 1540. The standard InChI is InChI=1S/C23H16F3N7O2/c24-23(25,26)13-4-3-8-33-17(13)10-16(31-33)20-19-14(29-12-30-19)6-9-32(20)22(34)18-11-28-21(35-18)15-5-1-2-7-27-15/h1-5,7-8,10-12,20H,6,9H2,(H,29,30)/t20-/m0/s1. The Labute approximate surface area is 195 Å². The molecule has 12 heteroatoms. The van der Waals surface area contributed by atoms with Crippen molar-refractivity contribution in [1.29, 1.82) is 0 Å². The Morgan fingerprint density at radius 2 is 2.03 bits per heavy atom. The zero-order valence-corrected chi connectivity index (χ0v) is 17.9. The fraction of sp³-hybridized carbons (Fsp3) is 0.174. The van der Waals surface area contributed by atoms with E-state index in [2.05, 4.69) is 25.0 Å². The molecule has 6 heterocycles. The molecule has 0 radical (unpaired) electrons. The monoisotopic (exact) mass is 479 g/mol. The number of hydrogen-bond acceptors (Lipinski definition) is 6. The molecular weight excluding hydrogens is 463 g/mol. The van der Waals surface area contributed by atoms with Crippen LogP contribution in [0.15, 0.2) is 65.7 Å². The van der Waals surface area contributed by atoms with E-state index in [-0.39, 0.29) is 29.4 Å². The molecule has 0 aliphatic carbocycles. The number of carbonyl (C=O) groups is 1. The number of nitrogens with one attached hydrogen (secondary N) is 1. The Kier molecular flexibility index (Phi) is 4.69. The highest BCUT2D eigenvalue weighted by atomic mass is 19.4. The van der Waals surface area contributed by atoms with Gasteiger partial charge >= 0.3 is 6.18 Å². The minimum Gasteiger partial charge on any atom is -0.429 e. The van der Waals surface area contributed by atoms with Crippen LogP contribution in [-0.2, 0) is 12.6 Å². The van der Waals surface area contributed by atoms with Crippen LogP contribution in [0.2, 0.25) is 0 Å². The van der Waals surface area contributed by atoms with Crippen molar-refractivity contribution in [3.63, 3.8) is 0 Å². The van der Waals surface area contributed by atoms with Crippen molar-refractivity contribution in [2.75, 3.05) is 6.54 Å². The third-order valence-corrected chi connectivity index (χ3v) is 5.89. The zero-order chi connectivity index (χ0) is 24.2. The average molecular weight is 479 g/mol. The molecule has 0 fully saturated rings. The van der Waals surface area contributed by atoms with E-state index in [0.29, 0.717) is 17.8 Å². The van der Waals surface area contributed by atoms with Crippen LogP contribution >= 0.6 is 0 Å². The first-order valence-electron chi connectivity index (χ1n) is 10.7. The van der Waals surface area contributed by atoms with Crippen LogP contribution < -0.4 is 0 Å². The number of imidazole rings is 1. The van der Waals surface area contributed by atoms with Gasteiger partial charge in [0, 0.05) is 31.1 Å². The molecule has 6 rings (SSSR count). The normalized spacial score (nSPS) is 16.0. The first-order chi connectivity index (χ1) is 16.9. The van der Waals surface area contributed by atoms with Gasteiger partial charge in [0.2, 0.25) is 11.7 Å². The van der Waals surface area contributed by atoms with Crippen molar-refractivity contribution < 1.29 is 22.4 Å². The van der Waals surface area contributed by atoms with Crippen molar-refractivity contribution in [2.45, 2.75) is 18.6 Å². The average Bonchev–Trinajstić information content (AvgIpc) is 3.61. The molecule has 1 atom stereocenters. The molecular formula is C23H16F3N7O2. The van der Waals surface area contributed by atoms with Crippen LogP contribution in [-0.4, -0.2) is 46.9 Å². The molecule has 1 amide bonds. The summed E-state index contributed by atoms with van der Waals surface area (Å²) in [5.74, 6) is -0.314. The molecule has 1 N–H and O–H groups in total. The van der Waals surface area contributed by atoms with Crippen LogP contribution in [0.4, 0.5) is 13.2 Å². The predicted octanol–water partition coefficient (Wildman–Crippen LogP) is 3.91. The molecule has 5 aromatic heterocycles. The van der Waals surface area contributed by atoms with Gasteiger partial charge in [0.25, 0.3) is 5.91 Å². The van der Waals surface area contributed by atoms with Gasteiger partial charge in [-0.1, -0.05) is 6.07 Å². The van der Waals surface area contributed by atoms with Gasteiger partial charge in [0.05, 0.1) is 35.0 Å². The zero-order valence-electron chi connectivity index (χ0n) is 17.9. The summed E-state index contributed by atoms with van der Waals surface area (Å²) in [5, 5.41) is 4.38. The van der Waals surface area contributed by atoms with E-state index >= 15 is 0 Å².